The van der Waals surface area contributed by atoms with E-state index < -0.39 is 0 Å². The Bertz CT molecular complexity index is 446. The van der Waals surface area contributed by atoms with E-state index in [0.29, 0.717) is 84.7 Å². The summed E-state index contributed by atoms with van der Waals surface area (Å²) in [5.74, 6) is 1.31. The van der Waals surface area contributed by atoms with Crippen molar-refractivity contribution in [3.63, 3.8) is 0 Å². The number of rotatable bonds is 23. The molecule has 0 aromatic rings. The molecule has 2 N–H and O–H groups in total. The van der Waals surface area contributed by atoms with Gasteiger partial charge < -0.3 is 29.6 Å². The normalized spacial score (nSPS) is 11.3. The SMILES string of the molecule is CC(C)CCCCCC(=O)NCCOCCOCCOCCOCCC(=O)NCC(C)C. The fourth-order valence-corrected chi connectivity index (χ4v) is 2.70. The Hall–Kier alpha value is -1.22. The van der Waals surface area contributed by atoms with Crippen LogP contribution in [0.1, 0.15) is 66.2 Å². The molecule has 0 radical (unpaired) electrons. The first-order chi connectivity index (χ1) is 15.4. The number of hydrogen-bond donors (Lipinski definition) is 2. The minimum absolute atomic E-state index is 0.0186. The van der Waals surface area contributed by atoms with Crippen LogP contribution in [-0.2, 0) is 28.5 Å². The van der Waals surface area contributed by atoms with Gasteiger partial charge in [0.2, 0.25) is 11.8 Å². The first kappa shape index (κ1) is 30.8. The van der Waals surface area contributed by atoms with Gasteiger partial charge in [-0.2, -0.15) is 0 Å². The highest BCUT2D eigenvalue weighted by Crippen LogP contribution is 2.09. The Labute approximate surface area is 195 Å². The second kappa shape index (κ2) is 23.0. The second-order valence-corrected chi connectivity index (χ2v) is 8.74. The van der Waals surface area contributed by atoms with Gasteiger partial charge in [-0.25, -0.2) is 0 Å². The summed E-state index contributed by atoms with van der Waals surface area (Å²) in [6, 6.07) is 0. The van der Waals surface area contributed by atoms with Crippen LogP contribution in [0.25, 0.3) is 0 Å². The zero-order chi connectivity index (χ0) is 23.9. The van der Waals surface area contributed by atoms with Crippen molar-refractivity contribution in [1.29, 1.82) is 0 Å². The van der Waals surface area contributed by atoms with Gasteiger partial charge in [-0.3, -0.25) is 9.59 Å². The van der Waals surface area contributed by atoms with Crippen LogP contribution >= 0.6 is 0 Å². The van der Waals surface area contributed by atoms with Gasteiger partial charge in [-0.15, -0.1) is 0 Å². The number of nitrogens with one attached hydrogen (secondary N) is 2. The van der Waals surface area contributed by atoms with Crippen LogP contribution in [0.3, 0.4) is 0 Å². The molecule has 8 nitrogen and oxygen atoms in total. The first-order valence-corrected chi connectivity index (χ1v) is 12.3. The van der Waals surface area contributed by atoms with E-state index >= 15 is 0 Å². The predicted octanol–water partition coefficient (Wildman–Crippen LogP) is 2.94. The highest BCUT2D eigenvalue weighted by atomic mass is 16.6. The summed E-state index contributed by atoms with van der Waals surface area (Å²) in [4.78, 5) is 23.2. The molecular weight excluding hydrogens is 412 g/mol. The minimum atomic E-state index is 0.0186. The number of unbranched alkanes of at least 4 members (excludes halogenated alkanes) is 2. The molecule has 0 saturated heterocycles. The quantitative estimate of drug-likeness (QED) is 0.228. The molecule has 190 valence electrons. The summed E-state index contributed by atoms with van der Waals surface area (Å²) < 4.78 is 21.7. The van der Waals surface area contributed by atoms with E-state index in [1.165, 1.54) is 12.8 Å². The maximum absolute atomic E-state index is 11.7. The van der Waals surface area contributed by atoms with Crippen molar-refractivity contribution in [3.05, 3.63) is 0 Å². The average molecular weight is 461 g/mol. The predicted molar refractivity (Wildman–Crippen MR) is 127 cm³/mol. The summed E-state index contributed by atoms with van der Waals surface area (Å²) in [7, 11) is 0. The van der Waals surface area contributed by atoms with Gasteiger partial charge in [0.05, 0.1) is 52.9 Å². The standard InChI is InChI=1S/C24H48N2O6/c1-21(2)8-6-5-7-9-23(27)25-11-13-30-15-17-32-19-18-31-16-14-29-12-10-24(28)26-20-22(3)4/h21-22H,5-20H2,1-4H3,(H,25,27)(H,26,28). The summed E-state index contributed by atoms with van der Waals surface area (Å²) in [6.45, 7) is 13.6. The molecule has 0 fully saturated rings. The fourth-order valence-electron chi connectivity index (χ4n) is 2.70. The molecule has 0 aliphatic rings. The van der Waals surface area contributed by atoms with Crippen LogP contribution in [0.5, 0.6) is 0 Å². The summed E-state index contributed by atoms with van der Waals surface area (Å²) >= 11 is 0. The lowest BCUT2D eigenvalue weighted by molar-refractivity contribution is -0.122. The van der Waals surface area contributed by atoms with Crippen molar-refractivity contribution in [3.8, 4) is 0 Å². The zero-order valence-corrected chi connectivity index (χ0v) is 20.9. The Balaban J connectivity index is 3.20. The Morgan fingerprint density at radius 3 is 1.69 bits per heavy atom. The molecule has 0 atom stereocenters. The third kappa shape index (κ3) is 25.0. The Morgan fingerprint density at radius 2 is 1.12 bits per heavy atom. The smallest absolute Gasteiger partial charge is 0.222 e. The molecule has 0 aromatic carbocycles. The third-order valence-corrected chi connectivity index (χ3v) is 4.55. The molecule has 0 aliphatic heterocycles. The molecule has 32 heavy (non-hydrogen) atoms. The van der Waals surface area contributed by atoms with Gasteiger partial charge in [-0.05, 0) is 18.3 Å². The van der Waals surface area contributed by atoms with Crippen LogP contribution in [0.2, 0.25) is 0 Å². The van der Waals surface area contributed by atoms with Crippen molar-refractivity contribution in [2.75, 3.05) is 65.9 Å². The molecule has 0 saturated carbocycles. The molecule has 2 amide bonds. The van der Waals surface area contributed by atoms with Gasteiger partial charge in [0.25, 0.3) is 0 Å². The van der Waals surface area contributed by atoms with E-state index in [2.05, 4.69) is 38.3 Å². The maximum Gasteiger partial charge on any atom is 0.222 e. The molecule has 0 aromatic heterocycles. The summed E-state index contributed by atoms with van der Waals surface area (Å²) in [5.41, 5.74) is 0. The molecule has 0 unspecified atom stereocenters. The van der Waals surface area contributed by atoms with Crippen LogP contribution < -0.4 is 10.6 Å². The van der Waals surface area contributed by atoms with E-state index in [4.69, 9.17) is 18.9 Å². The van der Waals surface area contributed by atoms with Crippen molar-refractivity contribution in [2.45, 2.75) is 66.2 Å². The van der Waals surface area contributed by atoms with Gasteiger partial charge in [0.1, 0.15) is 0 Å². The number of ether oxygens (including phenoxy) is 4. The van der Waals surface area contributed by atoms with Crippen LogP contribution in [-0.4, -0.2) is 77.8 Å². The Morgan fingerprint density at radius 1 is 0.594 bits per heavy atom. The van der Waals surface area contributed by atoms with Crippen LogP contribution in [0, 0.1) is 11.8 Å². The first-order valence-electron chi connectivity index (χ1n) is 12.3. The molecule has 0 spiro atoms. The Kier molecular flexibility index (Phi) is 22.1. The van der Waals surface area contributed by atoms with Crippen molar-refractivity contribution < 1.29 is 28.5 Å². The van der Waals surface area contributed by atoms with Crippen LogP contribution in [0.4, 0.5) is 0 Å². The van der Waals surface area contributed by atoms with E-state index in [9.17, 15) is 9.59 Å². The van der Waals surface area contributed by atoms with E-state index in [0.717, 1.165) is 18.8 Å². The highest BCUT2D eigenvalue weighted by Gasteiger charge is 2.03. The topological polar surface area (TPSA) is 95.1 Å². The number of carbonyl (C=O) groups excluding carboxylic acids is 2. The lowest BCUT2D eigenvalue weighted by Gasteiger charge is -2.09. The molecule has 8 heteroatoms. The summed E-state index contributed by atoms with van der Waals surface area (Å²) in [5, 5.41) is 5.73. The highest BCUT2D eigenvalue weighted by molar-refractivity contribution is 5.76. The van der Waals surface area contributed by atoms with Crippen molar-refractivity contribution in [1.82, 2.24) is 10.6 Å². The monoisotopic (exact) mass is 460 g/mol. The van der Waals surface area contributed by atoms with E-state index in [1.54, 1.807) is 0 Å². The largest absolute Gasteiger partial charge is 0.379 e. The van der Waals surface area contributed by atoms with E-state index in [-0.39, 0.29) is 11.8 Å². The number of amides is 2. The van der Waals surface area contributed by atoms with E-state index in [1.807, 2.05) is 0 Å². The molecule has 0 bridgehead atoms. The zero-order valence-electron chi connectivity index (χ0n) is 20.9. The second-order valence-electron chi connectivity index (χ2n) is 8.74. The molecule has 0 aliphatic carbocycles. The van der Waals surface area contributed by atoms with Crippen LogP contribution in [0.15, 0.2) is 0 Å². The fraction of sp³-hybridized carbons (Fsp3) is 0.917. The molecule has 0 rings (SSSR count). The maximum atomic E-state index is 11.7. The number of carbonyl (C=O) groups is 2. The molecular formula is C24H48N2O6. The third-order valence-electron chi connectivity index (χ3n) is 4.55. The molecule has 0 heterocycles. The lowest BCUT2D eigenvalue weighted by Crippen LogP contribution is -2.28. The summed E-state index contributed by atoms with van der Waals surface area (Å²) in [6.07, 6.45) is 5.48. The van der Waals surface area contributed by atoms with Gasteiger partial charge in [-0.1, -0.05) is 47.0 Å². The van der Waals surface area contributed by atoms with Gasteiger partial charge in [0.15, 0.2) is 0 Å². The minimum Gasteiger partial charge on any atom is -0.379 e. The number of hydrogen-bond acceptors (Lipinski definition) is 6. The van der Waals surface area contributed by atoms with Gasteiger partial charge >= 0.3 is 0 Å². The van der Waals surface area contributed by atoms with Gasteiger partial charge in [0, 0.05) is 25.9 Å². The lowest BCUT2D eigenvalue weighted by atomic mass is 10.0. The van der Waals surface area contributed by atoms with Crippen molar-refractivity contribution >= 4 is 11.8 Å². The average Bonchev–Trinajstić information content (AvgIpc) is 2.74. The van der Waals surface area contributed by atoms with Crippen molar-refractivity contribution in [2.24, 2.45) is 11.8 Å².